The third-order valence-corrected chi connectivity index (χ3v) is 2.44. The van der Waals surface area contributed by atoms with Crippen molar-refractivity contribution in [2.45, 2.75) is 13.8 Å². The number of hydrogen-bond donors (Lipinski definition) is 1. The van der Waals surface area contributed by atoms with E-state index in [-0.39, 0.29) is 0 Å². The van der Waals surface area contributed by atoms with E-state index in [1.807, 2.05) is 13.2 Å². The van der Waals surface area contributed by atoms with Crippen LogP contribution in [0.1, 0.15) is 11.1 Å². The quantitative estimate of drug-likeness (QED) is 0.740. The Labute approximate surface area is 84.0 Å². The molecule has 2 heteroatoms. The molecule has 1 aromatic carbocycles. The second-order valence-electron chi connectivity index (χ2n) is 3.59. The van der Waals surface area contributed by atoms with E-state index < -0.39 is 0 Å². The third kappa shape index (κ3) is 1.33. The van der Waals surface area contributed by atoms with Crippen LogP contribution in [0.25, 0.3) is 10.8 Å². The Kier molecular flexibility index (Phi) is 2.12. The summed E-state index contributed by atoms with van der Waals surface area (Å²) in [5.41, 5.74) is 2.57. The van der Waals surface area contributed by atoms with Crippen LogP contribution < -0.4 is 5.32 Å². The summed E-state index contributed by atoms with van der Waals surface area (Å²) in [4.78, 5) is 4.30. The van der Waals surface area contributed by atoms with E-state index in [1.54, 1.807) is 0 Å². The van der Waals surface area contributed by atoms with Crippen LogP contribution >= 0.6 is 0 Å². The van der Waals surface area contributed by atoms with Gasteiger partial charge in [-0.1, -0.05) is 17.7 Å². The lowest BCUT2D eigenvalue weighted by Crippen LogP contribution is -1.94. The van der Waals surface area contributed by atoms with Gasteiger partial charge in [-0.25, -0.2) is 4.98 Å². The molecule has 14 heavy (non-hydrogen) atoms. The predicted molar refractivity (Wildman–Crippen MR) is 60.8 cm³/mol. The highest BCUT2D eigenvalue weighted by atomic mass is 14.9. The van der Waals surface area contributed by atoms with Gasteiger partial charge in [0.05, 0.1) is 0 Å². The summed E-state index contributed by atoms with van der Waals surface area (Å²) in [6.07, 6.45) is 1.84. The fourth-order valence-electron chi connectivity index (χ4n) is 1.90. The maximum Gasteiger partial charge on any atom is 0.133 e. The van der Waals surface area contributed by atoms with Crippen LogP contribution in [0.5, 0.6) is 0 Å². The minimum Gasteiger partial charge on any atom is -0.373 e. The number of benzene rings is 1. The molecule has 0 aliphatic rings. The first-order valence-corrected chi connectivity index (χ1v) is 4.76. The fraction of sp³-hybridized carbons (Fsp3) is 0.250. The standard InChI is InChI=1S/C12H14N2/c1-8-6-9(2)11-10(7-8)4-5-14-12(11)13-3/h4-7H,1-3H3,(H,13,14). The van der Waals surface area contributed by atoms with E-state index in [0.717, 1.165) is 5.82 Å². The number of nitrogens with zero attached hydrogens (tertiary/aromatic N) is 1. The SMILES string of the molecule is CNc1nccc2cc(C)cc(C)c12. The average molecular weight is 186 g/mol. The lowest BCUT2D eigenvalue weighted by atomic mass is 10.0. The normalized spacial score (nSPS) is 10.5. The Balaban J connectivity index is 2.87. The van der Waals surface area contributed by atoms with Crippen molar-refractivity contribution in [2.75, 3.05) is 12.4 Å². The minimum atomic E-state index is 0.958. The van der Waals surface area contributed by atoms with Gasteiger partial charge in [-0.15, -0.1) is 0 Å². The van der Waals surface area contributed by atoms with Crippen molar-refractivity contribution in [1.29, 1.82) is 0 Å². The number of aryl methyl sites for hydroxylation is 2. The van der Waals surface area contributed by atoms with Crippen molar-refractivity contribution in [3.8, 4) is 0 Å². The van der Waals surface area contributed by atoms with Crippen molar-refractivity contribution in [3.63, 3.8) is 0 Å². The molecule has 0 bridgehead atoms. The molecule has 0 atom stereocenters. The molecule has 0 saturated carbocycles. The summed E-state index contributed by atoms with van der Waals surface area (Å²) < 4.78 is 0. The van der Waals surface area contributed by atoms with E-state index in [9.17, 15) is 0 Å². The van der Waals surface area contributed by atoms with Crippen LogP contribution in [0.15, 0.2) is 24.4 Å². The molecule has 1 N–H and O–H groups in total. The number of fused-ring (bicyclic) bond motifs is 1. The molecule has 2 rings (SSSR count). The molecule has 72 valence electrons. The van der Waals surface area contributed by atoms with Crippen LogP contribution in [0.4, 0.5) is 5.82 Å². The molecular formula is C12H14N2. The summed E-state index contributed by atoms with van der Waals surface area (Å²) >= 11 is 0. The Morgan fingerprint density at radius 1 is 1.21 bits per heavy atom. The molecule has 0 radical (unpaired) electrons. The summed E-state index contributed by atoms with van der Waals surface area (Å²) in [5.74, 6) is 0.958. The van der Waals surface area contributed by atoms with Crippen molar-refractivity contribution in [3.05, 3.63) is 35.5 Å². The monoisotopic (exact) mass is 186 g/mol. The van der Waals surface area contributed by atoms with E-state index in [1.165, 1.54) is 21.9 Å². The molecule has 0 amide bonds. The highest BCUT2D eigenvalue weighted by Gasteiger charge is 2.03. The summed E-state index contributed by atoms with van der Waals surface area (Å²) in [5, 5.41) is 5.59. The van der Waals surface area contributed by atoms with Gasteiger partial charge in [0.15, 0.2) is 0 Å². The van der Waals surface area contributed by atoms with Gasteiger partial charge in [-0.2, -0.15) is 0 Å². The molecule has 0 unspecified atom stereocenters. The van der Waals surface area contributed by atoms with Crippen molar-refractivity contribution < 1.29 is 0 Å². The Morgan fingerprint density at radius 3 is 2.71 bits per heavy atom. The average Bonchev–Trinajstić information content (AvgIpc) is 2.16. The van der Waals surface area contributed by atoms with Gasteiger partial charge in [0.2, 0.25) is 0 Å². The Hall–Kier alpha value is -1.57. The van der Waals surface area contributed by atoms with Crippen molar-refractivity contribution in [1.82, 2.24) is 4.98 Å². The van der Waals surface area contributed by atoms with Crippen LogP contribution in [0.2, 0.25) is 0 Å². The smallest absolute Gasteiger partial charge is 0.133 e. The maximum atomic E-state index is 4.30. The van der Waals surface area contributed by atoms with Gasteiger partial charge < -0.3 is 5.32 Å². The van der Waals surface area contributed by atoms with Crippen LogP contribution in [0, 0.1) is 13.8 Å². The number of nitrogens with one attached hydrogen (secondary N) is 1. The zero-order valence-corrected chi connectivity index (χ0v) is 8.76. The molecule has 0 spiro atoms. The zero-order valence-electron chi connectivity index (χ0n) is 8.76. The molecule has 1 aromatic heterocycles. The number of pyridine rings is 1. The van der Waals surface area contributed by atoms with Gasteiger partial charge in [0, 0.05) is 18.6 Å². The number of rotatable bonds is 1. The maximum absolute atomic E-state index is 4.30. The fourth-order valence-corrected chi connectivity index (χ4v) is 1.90. The molecule has 2 aromatic rings. The highest BCUT2D eigenvalue weighted by molar-refractivity contribution is 5.94. The topological polar surface area (TPSA) is 24.9 Å². The predicted octanol–water partition coefficient (Wildman–Crippen LogP) is 2.89. The van der Waals surface area contributed by atoms with Gasteiger partial charge in [0.1, 0.15) is 5.82 Å². The number of hydrogen-bond acceptors (Lipinski definition) is 2. The first-order valence-electron chi connectivity index (χ1n) is 4.76. The number of anilines is 1. The lowest BCUT2D eigenvalue weighted by molar-refractivity contribution is 1.30. The summed E-state index contributed by atoms with van der Waals surface area (Å²) in [6.45, 7) is 4.24. The van der Waals surface area contributed by atoms with Crippen molar-refractivity contribution >= 4 is 16.6 Å². The first kappa shape index (κ1) is 9.00. The van der Waals surface area contributed by atoms with Crippen LogP contribution in [0.3, 0.4) is 0 Å². The minimum absolute atomic E-state index is 0.958. The second kappa shape index (κ2) is 3.29. The molecule has 1 heterocycles. The summed E-state index contributed by atoms with van der Waals surface area (Å²) in [7, 11) is 1.90. The molecular weight excluding hydrogens is 172 g/mol. The Morgan fingerprint density at radius 2 is 2.00 bits per heavy atom. The molecule has 0 aliphatic carbocycles. The molecule has 0 fully saturated rings. The highest BCUT2D eigenvalue weighted by Crippen LogP contribution is 2.25. The Bertz CT molecular complexity index is 475. The summed E-state index contributed by atoms with van der Waals surface area (Å²) in [6, 6.07) is 6.42. The van der Waals surface area contributed by atoms with E-state index >= 15 is 0 Å². The van der Waals surface area contributed by atoms with E-state index in [2.05, 4.69) is 42.3 Å². The van der Waals surface area contributed by atoms with Gasteiger partial charge in [0.25, 0.3) is 0 Å². The lowest BCUT2D eigenvalue weighted by Gasteiger charge is -2.08. The number of aromatic nitrogens is 1. The van der Waals surface area contributed by atoms with E-state index in [0.29, 0.717) is 0 Å². The third-order valence-electron chi connectivity index (χ3n) is 2.44. The zero-order chi connectivity index (χ0) is 10.1. The van der Waals surface area contributed by atoms with Crippen molar-refractivity contribution in [2.24, 2.45) is 0 Å². The molecule has 0 aliphatic heterocycles. The van der Waals surface area contributed by atoms with Gasteiger partial charge in [-0.3, -0.25) is 0 Å². The van der Waals surface area contributed by atoms with Crippen LogP contribution in [-0.2, 0) is 0 Å². The van der Waals surface area contributed by atoms with Gasteiger partial charge in [-0.05, 0) is 30.9 Å². The molecule has 0 saturated heterocycles. The molecule has 2 nitrogen and oxygen atoms in total. The van der Waals surface area contributed by atoms with E-state index in [4.69, 9.17) is 0 Å². The van der Waals surface area contributed by atoms with Gasteiger partial charge >= 0.3 is 0 Å². The van der Waals surface area contributed by atoms with Crippen LogP contribution in [-0.4, -0.2) is 12.0 Å². The largest absolute Gasteiger partial charge is 0.373 e. The first-order chi connectivity index (χ1) is 6.72. The second-order valence-corrected chi connectivity index (χ2v) is 3.59.